The summed E-state index contributed by atoms with van der Waals surface area (Å²) >= 11 is 0. The van der Waals surface area contributed by atoms with Gasteiger partial charge in [0.2, 0.25) is 0 Å². The van der Waals surface area contributed by atoms with Gasteiger partial charge in [-0.15, -0.1) is 0 Å². The summed E-state index contributed by atoms with van der Waals surface area (Å²) in [6, 6.07) is 17.1. The Morgan fingerprint density at radius 2 is 1.81 bits per heavy atom. The zero-order valence-electron chi connectivity index (χ0n) is 23.1. The predicted molar refractivity (Wildman–Crippen MR) is 150 cm³/mol. The van der Waals surface area contributed by atoms with E-state index in [1.165, 1.54) is 37.7 Å². The predicted octanol–water partition coefficient (Wildman–Crippen LogP) is 5.75. The fraction of sp³-hybridized carbons (Fsp3) is 0.625. The molecule has 1 fully saturated rings. The van der Waals surface area contributed by atoms with Crippen LogP contribution in [0.15, 0.2) is 48.5 Å². The maximum Gasteiger partial charge on any atom is 0.0965 e. The van der Waals surface area contributed by atoms with Gasteiger partial charge in [0.1, 0.15) is 0 Å². The normalized spacial score (nSPS) is 27.4. The highest BCUT2D eigenvalue weighted by atomic mass is 16.5. The van der Waals surface area contributed by atoms with Crippen LogP contribution in [0.25, 0.3) is 0 Å². The lowest BCUT2D eigenvalue weighted by atomic mass is 9.49. The number of hydrogen-bond acceptors (Lipinski definition) is 4. The third kappa shape index (κ3) is 5.72. The Balaban J connectivity index is 1.35. The van der Waals surface area contributed by atoms with Crippen molar-refractivity contribution in [3.63, 3.8) is 0 Å². The monoisotopic (exact) mass is 492 g/mol. The van der Waals surface area contributed by atoms with E-state index in [9.17, 15) is 5.11 Å². The van der Waals surface area contributed by atoms with Crippen molar-refractivity contribution in [3.05, 3.63) is 70.8 Å². The molecule has 0 heterocycles. The molecular weight excluding hydrogens is 444 g/mol. The van der Waals surface area contributed by atoms with Crippen LogP contribution in [-0.2, 0) is 16.6 Å². The summed E-state index contributed by atoms with van der Waals surface area (Å²) in [6.07, 6.45) is 5.82. The lowest BCUT2D eigenvalue weighted by Crippen LogP contribution is -2.53. The number of fused-ring (bicyclic) bond motifs is 3. The topological polar surface area (TPSA) is 53.5 Å². The van der Waals surface area contributed by atoms with E-state index < -0.39 is 6.10 Å². The van der Waals surface area contributed by atoms with Crippen molar-refractivity contribution in [3.8, 4) is 0 Å². The molecule has 2 aliphatic carbocycles. The number of methoxy groups -OCH3 is 1. The van der Waals surface area contributed by atoms with Gasteiger partial charge < -0.3 is 20.5 Å². The number of nitrogens with one attached hydrogen (secondary N) is 2. The molecule has 0 spiro atoms. The minimum Gasteiger partial charge on any atom is -0.387 e. The molecule has 3 N–H and O–H groups in total. The number of aryl methyl sites for hydroxylation is 1. The fourth-order valence-corrected chi connectivity index (χ4v) is 7.26. The Bertz CT molecular complexity index is 977. The lowest BCUT2D eigenvalue weighted by molar-refractivity contribution is 0.0257. The average molecular weight is 493 g/mol. The van der Waals surface area contributed by atoms with Gasteiger partial charge >= 0.3 is 0 Å². The van der Waals surface area contributed by atoms with Crippen molar-refractivity contribution in [2.45, 2.75) is 83.3 Å². The van der Waals surface area contributed by atoms with Crippen molar-refractivity contribution in [1.82, 2.24) is 10.6 Å². The Hall–Kier alpha value is -1.72. The zero-order chi connectivity index (χ0) is 25.8. The molecule has 4 nitrogen and oxygen atoms in total. The molecule has 2 aliphatic rings. The summed E-state index contributed by atoms with van der Waals surface area (Å²) in [5.41, 5.74) is 6.20. The van der Waals surface area contributed by atoms with Crippen LogP contribution in [0.3, 0.4) is 0 Å². The van der Waals surface area contributed by atoms with Crippen molar-refractivity contribution in [2.75, 3.05) is 33.4 Å². The second-order valence-electron chi connectivity index (χ2n) is 12.1. The molecule has 0 radical (unpaired) electrons. The van der Waals surface area contributed by atoms with Crippen LogP contribution < -0.4 is 10.6 Å². The number of aliphatic hydroxyl groups is 1. The molecule has 0 amide bonds. The molecule has 2 aromatic rings. The van der Waals surface area contributed by atoms with Gasteiger partial charge in [-0.05, 0) is 70.6 Å². The van der Waals surface area contributed by atoms with Crippen molar-refractivity contribution >= 4 is 0 Å². The Morgan fingerprint density at radius 3 is 2.53 bits per heavy atom. The molecular formula is C32H48N2O2. The molecule has 198 valence electrons. The fourth-order valence-electron chi connectivity index (χ4n) is 7.26. The molecule has 36 heavy (non-hydrogen) atoms. The average Bonchev–Trinajstić information content (AvgIpc) is 2.87. The Labute approximate surface area is 219 Å². The van der Waals surface area contributed by atoms with Gasteiger partial charge in [-0.25, -0.2) is 0 Å². The molecule has 0 aromatic heterocycles. The number of hydrogen-bond donors (Lipinski definition) is 3. The molecule has 2 aromatic carbocycles. The molecule has 4 heteroatoms. The minimum absolute atomic E-state index is 0.127. The smallest absolute Gasteiger partial charge is 0.0965 e. The summed E-state index contributed by atoms with van der Waals surface area (Å²) in [7, 11) is 1.69. The van der Waals surface area contributed by atoms with E-state index in [0.29, 0.717) is 23.9 Å². The number of aliphatic hydroxyl groups excluding tert-OH is 1. The van der Waals surface area contributed by atoms with Gasteiger partial charge in [-0.3, -0.25) is 0 Å². The molecule has 4 rings (SSSR count). The van der Waals surface area contributed by atoms with Crippen molar-refractivity contribution in [1.29, 1.82) is 0 Å². The van der Waals surface area contributed by atoms with Gasteiger partial charge in [0.25, 0.3) is 0 Å². The van der Waals surface area contributed by atoms with Crippen LogP contribution >= 0.6 is 0 Å². The summed E-state index contributed by atoms with van der Waals surface area (Å²) in [4.78, 5) is 0. The minimum atomic E-state index is -0.582. The highest BCUT2D eigenvalue weighted by Gasteiger charge is 2.51. The number of rotatable bonds is 11. The van der Waals surface area contributed by atoms with Gasteiger partial charge in [-0.1, -0.05) is 82.6 Å². The van der Waals surface area contributed by atoms with Gasteiger partial charge in [-0.2, -0.15) is 0 Å². The summed E-state index contributed by atoms with van der Waals surface area (Å²) in [5.74, 6) is 1.30. The highest BCUT2D eigenvalue weighted by molar-refractivity contribution is 5.42. The number of benzene rings is 2. The summed E-state index contributed by atoms with van der Waals surface area (Å²) < 4.78 is 5.39. The van der Waals surface area contributed by atoms with E-state index in [-0.39, 0.29) is 11.5 Å². The molecule has 0 unspecified atom stereocenters. The first-order valence-electron chi connectivity index (χ1n) is 14.1. The van der Waals surface area contributed by atoms with Gasteiger partial charge in [0.15, 0.2) is 0 Å². The molecule has 0 bridgehead atoms. The molecule has 1 saturated carbocycles. The second kappa shape index (κ2) is 11.8. The van der Waals surface area contributed by atoms with Crippen molar-refractivity contribution in [2.24, 2.45) is 11.3 Å². The highest BCUT2D eigenvalue weighted by Crippen LogP contribution is 2.57. The molecule has 0 saturated heterocycles. The number of ether oxygens (including phenoxy) is 1. The second-order valence-corrected chi connectivity index (χ2v) is 12.1. The first kappa shape index (κ1) is 27.3. The molecule has 0 aliphatic heterocycles. The van der Waals surface area contributed by atoms with E-state index in [2.05, 4.69) is 56.5 Å². The zero-order valence-corrected chi connectivity index (χ0v) is 23.1. The third-order valence-corrected chi connectivity index (χ3v) is 9.27. The summed E-state index contributed by atoms with van der Waals surface area (Å²) in [6.45, 7) is 12.9. The maximum atomic E-state index is 10.8. The SMILES string of the molecule is COC[C@H](NCCNC[C@]1(C)CCC[C@]2(C)c3ccc(C(C)C)cc3CC[C@@H]12)[C@@H](O)c1ccccc1. The van der Waals surface area contributed by atoms with Crippen molar-refractivity contribution < 1.29 is 9.84 Å². The third-order valence-electron chi connectivity index (χ3n) is 9.27. The largest absolute Gasteiger partial charge is 0.387 e. The Morgan fingerprint density at radius 1 is 1.03 bits per heavy atom. The van der Waals surface area contributed by atoms with E-state index in [4.69, 9.17) is 4.74 Å². The standard InChI is InChI=1S/C32H48N2O2/c1-23(2)25-12-14-27-26(20-25)13-15-29-31(3,16-9-17-32(27,29)4)22-33-18-19-34-28(21-36-5)30(35)24-10-7-6-8-11-24/h6-8,10-12,14,20,23,28-30,33-35H,9,13,15-19,21-22H2,1-5H3/t28-,29-,30-,31-,32+/m0/s1. The molecule has 5 atom stereocenters. The summed E-state index contributed by atoms with van der Waals surface area (Å²) in [5, 5.41) is 18.1. The maximum absolute atomic E-state index is 10.8. The first-order valence-corrected chi connectivity index (χ1v) is 14.1. The van der Waals surface area contributed by atoms with Crippen LogP contribution in [0.2, 0.25) is 0 Å². The van der Waals surface area contributed by atoms with E-state index in [0.717, 1.165) is 25.2 Å². The van der Waals surface area contributed by atoms with E-state index in [1.807, 2.05) is 30.3 Å². The Kier molecular flexibility index (Phi) is 8.93. The van der Waals surface area contributed by atoms with Gasteiger partial charge in [0.05, 0.1) is 18.8 Å². The first-order chi connectivity index (χ1) is 17.3. The van der Waals surface area contributed by atoms with Gasteiger partial charge in [0, 0.05) is 26.7 Å². The van der Waals surface area contributed by atoms with Crippen LogP contribution in [-0.4, -0.2) is 44.5 Å². The lowest BCUT2D eigenvalue weighted by Gasteiger charge is -2.55. The van der Waals surface area contributed by atoms with Crippen LogP contribution in [0.1, 0.15) is 87.7 Å². The van der Waals surface area contributed by atoms with Crippen LogP contribution in [0, 0.1) is 11.3 Å². The van der Waals surface area contributed by atoms with E-state index in [1.54, 1.807) is 18.2 Å². The van der Waals surface area contributed by atoms with E-state index >= 15 is 0 Å². The van der Waals surface area contributed by atoms with Crippen LogP contribution in [0.4, 0.5) is 0 Å². The quantitative estimate of drug-likeness (QED) is 0.350. The van der Waals surface area contributed by atoms with Crippen LogP contribution in [0.5, 0.6) is 0 Å².